The van der Waals surface area contributed by atoms with Crippen LogP contribution in [0.1, 0.15) is 29.8 Å². The van der Waals surface area contributed by atoms with Gasteiger partial charge in [-0.3, -0.25) is 19.5 Å². The molecule has 0 aliphatic carbocycles. The van der Waals surface area contributed by atoms with Crippen LogP contribution >= 0.6 is 0 Å². The van der Waals surface area contributed by atoms with Gasteiger partial charge in [-0.1, -0.05) is 56.3 Å². The van der Waals surface area contributed by atoms with Gasteiger partial charge in [0.15, 0.2) is 0 Å². The fourth-order valence-corrected chi connectivity index (χ4v) is 3.96. The minimum atomic E-state index is -0.420. The second-order valence-electron chi connectivity index (χ2n) is 9.16. The lowest BCUT2D eigenvalue weighted by Gasteiger charge is -2.24. The van der Waals surface area contributed by atoms with Gasteiger partial charge in [-0.15, -0.1) is 0 Å². The van der Waals surface area contributed by atoms with Gasteiger partial charge < -0.3 is 4.90 Å². The average Bonchev–Trinajstić information content (AvgIpc) is 3.27. The Balaban J connectivity index is 1.61. The van der Waals surface area contributed by atoms with Gasteiger partial charge in [-0.05, 0) is 54.8 Å². The molecule has 6 nitrogen and oxygen atoms in total. The third-order valence-electron chi connectivity index (χ3n) is 5.60. The normalized spacial score (nSPS) is 10.9. The topological polar surface area (TPSA) is 67.2 Å². The molecule has 0 bridgehead atoms. The predicted octanol–water partition coefficient (Wildman–Crippen LogP) is 5.72. The van der Waals surface area contributed by atoms with E-state index < -0.39 is 5.82 Å². The standard InChI is InChI=1S/C29H29FN4O2/c1-20(2)17-33(28(36)23-12-14-24(30)15-13-23)19-27(35)32-29-31-26(22-9-5-4-6-10-22)18-34(29)25-11-7-8-21(3)16-25/h4-16,18,20H,17,19H2,1-3H3,(H,31,32,35). The van der Waals surface area contributed by atoms with Crippen molar-refractivity contribution in [2.45, 2.75) is 20.8 Å². The number of nitrogens with one attached hydrogen (secondary N) is 1. The lowest BCUT2D eigenvalue weighted by molar-refractivity contribution is -0.117. The van der Waals surface area contributed by atoms with Crippen molar-refractivity contribution in [1.29, 1.82) is 0 Å². The highest BCUT2D eigenvalue weighted by atomic mass is 19.1. The maximum Gasteiger partial charge on any atom is 0.254 e. The highest BCUT2D eigenvalue weighted by molar-refractivity contribution is 5.99. The molecule has 0 atom stereocenters. The Morgan fingerprint density at radius 1 is 1.00 bits per heavy atom. The average molecular weight is 485 g/mol. The van der Waals surface area contributed by atoms with E-state index in [4.69, 9.17) is 4.98 Å². The number of benzene rings is 3. The zero-order chi connectivity index (χ0) is 25.7. The smallest absolute Gasteiger partial charge is 0.254 e. The van der Waals surface area contributed by atoms with Crippen LogP contribution in [0.5, 0.6) is 0 Å². The summed E-state index contributed by atoms with van der Waals surface area (Å²) in [5, 5.41) is 2.90. The molecular weight excluding hydrogens is 455 g/mol. The Kier molecular flexibility index (Phi) is 7.59. The largest absolute Gasteiger partial charge is 0.329 e. The second kappa shape index (κ2) is 11.0. The summed E-state index contributed by atoms with van der Waals surface area (Å²) in [4.78, 5) is 32.4. The van der Waals surface area contributed by atoms with Crippen LogP contribution in [0, 0.1) is 18.7 Å². The van der Waals surface area contributed by atoms with Crippen LogP contribution in [0.3, 0.4) is 0 Å². The number of carbonyl (C=O) groups is 2. The van der Waals surface area contributed by atoms with E-state index in [0.29, 0.717) is 23.8 Å². The van der Waals surface area contributed by atoms with Crippen LogP contribution in [0.4, 0.5) is 10.3 Å². The number of aryl methyl sites for hydroxylation is 1. The Hall–Kier alpha value is -4.26. The SMILES string of the molecule is Cc1cccc(-n2cc(-c3ccccc3)nc2NC(=O)CN(CC(C)C)C(=O)c2ccc(F)cc2)c1. The van der Waals surface area contributed by atoms with Crippen molar-refractivity contribution in [2.24, 2.45) is 5.92 Å². The molecule has 0 saturated heterocycles. The van der Waals surface area contributed by atoms with Crippen LogP contribution in [-0.4, -0.2) is 39.4 Å². The maximum absolute atomic E-state index is 13.3. The molecule has 0 saturated carbocycles. The third-order valence-corrected chi connectivity index (χ3v) is 5.60. The van der Waals surface area contributed by atoms with Crippen molar-refractivity contribution in [3.63, 3.8) is 0 Å². The van der Waals surface area contributed by atoms with Crippen LogP contribution in [0.2, 0.25) is 0 Å². The molecular formula is C29H29FN4O2. The number of rotatable bonds is 8. The van der Waals surface area contributed by atoms with Gasteiger partial charge in [0.05, 0.1) is 5.69 Å². The molecule has 1 aromatic heterocycles. The number of hydrogen-bond acceptors (Lipinski definition) is 3. The summed E-state index contributed by atoms with van der Waals surface area (Å²) in [6, 6.07) is 23.0. The second-order valence-corrected chi connectivity index (χ2v) is 9.16. The molecule has 4 rings (SSSR count). The van der Waals surface area contributed by atoms with Crippen molar-refractivity contribution in [3.05, 3.63) is 102 Å². The van der Waals surface area contributed by atoms with E-state index >= 15 is 0 Å². The van der Waals surface area contributed by atoms with E-state index in [2.05, 4.69) is 5.32 Å². The molecule has 7 heteroatoms. The van der Waals surface area contributed by atoms with Crippen molar-refractivity contribution >= 4 is 17.8 Å². The number of hydrogen-bond donors (Lipinski definition) is 1. The minimum Gasteiger partial charge on any atom is -0.329 e. The van der Waals surface area contributed by atoms with Crippen LogP contribution < -0.4 is 5.32 Å². The first-order valence-electron chi connectivity index (χ1n) is 11.9. The molecule has 0 unspecified atom stereocenters. The number of nitrogens with zero attached hydrogens (tertiary/aromatic N) is 3. The number of anilines is 1. The maximum atomic E-state index is 13.3. The molecule has 0 fully saturated rings. The molecule has 1 N–H and O–H groups in total. The van der Waals surface area contributed by atoms with Gasteiger partial charge in [0.2, 0.25) is 11.9 Å². The molecule has 0 radical (unpaired) electrons. The van der Waals surface area contributed by atoms with Crippen LogP contribution in [0.15, 0.2) is 85.1 Å². The van der Waals surface area contributed by atoms with Crippen molar-refractivity contribution < 1.29 is 14.0 Å². The molecule has 4 aromatic rings. The van der Waals surface area contributed by atoms with Gasteiger partial charge in [-0.2, -0.15) is 0 Å². The van der Waals surface area contributed by atoms with E-state index in [9.17, 15) is 14.0 Å². The number of aromatic nitrogens is 2. The molecule has 1 heterocycles. The Labute approximate surface area is 210 Å². The fourth-order valence-electron chi connectivity index (χ4n) is 3.96. The predicted molar refractivity (Wildman–Crippen MR) is 140 cm³/mol. The molecule has 0 spiro atoms. The van der Waals surface area contributed by atoms with Gasteiger partial charge in [0, 0.05) is 29.6 Å². The lowest BCUT2D eigenvalue weighted by atomic mass is 10.1. The first-order chi connectivity index (χ1) is 17.3. The zero-order valence-corrected chi connectivity index (χ0v) is 20.6. The molecule has 184 valence electrons. The third kappa shape index (κ3) is 6.05. The van der Waals surface area contributed by atoms with E-state index in [1.807, 2.05) is 86.1 Å². The number of imidazole rings is 1. The highest BCUT2D eigenvalue weighted by Crippen LogP contribution is 2.25. The van der Waals surface area contributed by atoms with Gasteiger partial charge in [0.1, 0.15) is 12.4 Å². The van der Waals surface area contributed by atoms with Crippen LogP contribution in [-0.2, 0) is 4.79 Å². The lowest BCUT2D eigenvalue weighted by Crippen LogP contribution is -2.40. The van der Waals surface area contributed by atoms with Crippen LogP contribution in [0.25, 0.3) is 16.9 Å². The number of carbonyl (C=O) groups excluding carboxylic acids is 2. The molecule has 3 aromatic carbocycles. The first kappa shape index (κ1) is 24.9. The highest BCUT2D eigenvalue weighted by Gasteiger charge is 2.22. The van der Waals surface area contributed by atoms with Gasteiger partial charge in [-0.25, -0.2) is 9.37 Å². The van der Waals surface area contributed by atoms with Gasteiger partial charge in [0.25, 0.3) is 5.91 Å². The fraction of sp³-hybridized carbons (Fsp3) is 0.207. The van der Waals surface area contributed by atoms with Crippen molar-refractivity contribution in [3.8, 4) is 16.9 Å². The summed E-state index contributed by atoms with van der Waals surface area (Å²) in [6.45, 7) is 6.17. The Bertz CT molecular complexity index is 1350. The summed E-state index contributed by atoms with van der Waals surface area (Å²) in [6.07, 6.45) is 1.88. The Morgan fingerprint density at radius 2 is 1.72 bits per heavy atom. The quantitative estimate of drug-likeness (QED) is 0.348. The zero-order valence-electron chi connectivity index (χ0n) is 20.6. The van der Waals surface area contributed by atoms with Crippen molar-refractivity contribution in [1.82, 2.24) is 14.5 Å². The minimum absolute atomic E-state index is 0.140. The summed E-state index contributed by atoms with van der Waals surface area (Å²) >= 11 is 0. The molecule has 36 heavy (non-hydrogen) atoms. The number of amides is 2. The molecule has 0 aliphatic rings. The Morgan fingerprint density at radius 3 is 2.39 bits per heavy atom. The molecule has 2 amide bonds. The summed E-state index contributed by atoms with van der Waals surface area (Å²) < 4.78 is 15.2. The summed E-state index contributed by atoms with van der Waals surface area (Å²) in [5.74, 6) is -0.614. The summed E-state index contributed by atoms with van der Waals surface area (Å²) in [7, 11) is 0. The molecule has 0 aliphatic heterocycles. The first-order valence-corrected chi connectivity index (χ1v) is 11.9. The van der Waals surface area contributed by atoms with E-state index in [1.165, 1.54) is 29.2 Å². The monoisotopic (exact) mass is 484 g/mol. The van der Waals surface area contributed by atoms with Crippen molar-refractivity contribution in [2.75, 3.05) is 18.4 Å². The van der Waals surface area contributed by atoms with E-state index in [-0.39, 0.29) is 24.3 Å². The summed E-state index contributed by atoms with van der Waals surface area (Å²) in [5.41, 5.74) is 3.91. The van der Waals surface area contributed by atoms with E-state index in [1.54, 1.807) is 0 Å². The van der Waals surface area contributed by atoms with E-state index in [0.717, 1.165) is 16.8 Å². The van der Waals surface area contributed by atoms with Gasteiger partial charge >= 0.3 is 0 Å². The number of halogens is 1.